The highest BCUT2D eigenvalue weighted by Crippen LogP contribution is 2.42. The van der Waals surface area contributed by atoms with E-state index >= 15 is 0 Å². The lowest BCUT2D eigenvalue weighted by Crippen LogP contribution is -2.06. The van der Waals surface area contributed by atoms with Crippen LogP contribution >= 0.6 is 11.3 Å². The lowest BCUT2D eigenvalue weighted by Gasteiger charge is -2.12. The van der Waals surface area contributed by atoms with Crippen molar-refractivity contribution in [1.82, 2.24) is 24.1 Å². The first-order valence-electron chi connectivity index (χ1n) is 23.5. The number of fused-ring (bicyclic) bond motifs is 12. The molecule has 0 fully saturated rings. The van der Waals surface area contributed by atoms with Gasteiger partial charge in [0.25, 0.3) is 0 Å². The lowest BCUT2D eigenvalue weighted by molar-refractivity contribution is 0.669. The smallest absolute Gasteiger partial charge is 0.238 e. The molecule has 0 aliphatic rings. The van der Waals surface area contributed by atoms with Gasteiger partial charge in [-0.25, -0.2) is 4.98 Å². The molecule has 0 bridgehead atoms. The Balaban J connectivity index is 0.914. The summed E-state index contributed by atoms with van der Waals surface area (Å²) < 4.78 is 13.7. The van der Waals surface area contributed by atoms with Crippen molar-refractivity contribution in [1.29, 1.82) is 0 Å². The first-order chi connectivity index (χ1) is 34.7. The number of furan rings is 1. The first kappa shape index (κ1) is 38.9. The molecule has 10 aromatic carbocycles. The van der Waals surface area contributed by atoms with Crippen molar-refractivity contribution in [2.75, 3.05) is 0 Å². The van der Waals surface area contributed by atoms with Crippen LogP contribution in [0, 0.1) is 0 Å². The summed E-state index contributed by atoms with van der Waals surface area (Å²) in [5, 5.41) is 9.12. The Kier molecular flexibility index (Phi) is 8.43. The second-order valence-electron chi connectivity index (χ2n) is 18.0. The Hall–Kier alpha value is -9.17. The van der Waals surface area contributed by atoms with E-state index in [2.05, 4.69) is 221 Å². The first-order valence-corrected chi connectivity index (χ1v) is 24.3. The van der Waals surface area contributed by atoms with Crippen molar-refractivity contribution in [3.8, 4) is 56.7 Å². The molecule has 0 aliphatic carbocycles. The van der Waals surface area contributed by atoms with Crippen molar-refractivity contribution in [3.63, 3.8) is 0 Å². The zero-order chi connectivity index (χ0) is 45.9. The van der Waals surface area contributed by atoms with E-state index in [0.717, 1.165) is 77.2 Å². The largest absolute Gasteiger partial charge is 0.456 e. The van der Waals surface area contributed by atoms with Gasteiger partial charge in [-0.3, -0.25) is 4.57 Å². The second-order valence-corrected chi connectivity index (χ2v) is 19.0. The third-order valence-corrected chi connectivity index (χ3v) is 15.1. The third kappa shape index (κ3) is 5.95. The summed E-state index contributed by atoms with van der Waals surface area (Å²) in [4.78, 5) is 16.1. The van der Waals surface area contributed by atoms with Gasteiger partial charge in [0.05, 0.1) is 22.1 Å². The minimum atomic E-state index is 0.554. The van der Waals surface area contributed by atoms with Crippen LogP contribution in [0.2, 0.25) is 0 Å². The average molecular weight is 912 g/mol. The summed E-state index contributed by atoms with van der Waals surface area (Å²) in [6, 6.07) is 79.8. The number of thiophene rings is 1. The van der Waals surface area contributed by atoms with E-state index in [-0.39, 0.29) is 0 Å². The molecule has 0 N–H and O–H groups in total. The van der Waals surface area contributed by atoms with Crippen LogP contribution in [0.25, 0.3) is 142 Å². The molecule has 15 aromatic rings. The molecule has 0 atom stereocenters. The molecule has 0 saturated carbocycles. The highest BCUT2D eigenvalue weighted by Gasteiger charge is 2.22. The van der Waals surface area contributed by atoms with Crippen molar-refractivity contribution in [2.24, 2.45) is 0 Å². The van der Waals surface area contributed by atoms with Gasteiger partial charge in [0.15, 0.2) is 11.6 Å². The Morgan fingerprint density at radius 2 is 0.914 bits per heavy atom. The molecule has 6 nitrogen and oxygen atoms in total. The SMILES string of the molecule is c1ccc(-c2cccc(-n3c4ccccc4c4cc(-c5ccc6oc7cccc(-c8nc(-c9ccc%10c(c9)sc9ccccc9%10)nc(-n9c%10ccccc%10c%10ccccc%109)n8)c7c6c5)ccc43)c2)cc1. The maximum absolute atomic E-state index is 6.66. The molecule has 0 spiro atoms. The van der Waals surface area contributed by atoms with E-state index in [9.17, 15) is 0 Å². The zero-order valence-electron chi connectivity index (χ0n) is 37.4. The van der Waals surface area contributed by atoms with E-state index in [1.807, 2.05) is 12.1 Å². The summed E-state index contributed by atoms with van der Waals surface area (Å²) in [5.74, 6) is 1.73. The number of hydrogen-bond acceptors (Lipinski definition) is 5. The Bertz CT molecular complexity index is 4560. The van der Waals surface area contributed by atoms with E-state index in [4.69, 9.17) is 19.4 Å². The molecule has 15 rings (SSSR count). The summed E-state index contributed by atoms with van der Waals surface area (Å²) in [6.07, 6.45) is 0. The highest BCUT2D eigenvalue weighted by molar-refractivity contribution is 7.25. The Morgan fingerprint density at radius 1 is 0.329 bits per heavy atom. The van der Waals surface area contributed by atoms with Gasteiger partial charge in [-0.1, -0.05) is 152 Å². The van der Waals surface area contributed by atoms with Crippen molar-refractivity contribution >= 4 is 97.1 Å². The molecular weight excluding hydrogens is 875 g/mol. The van der Waals surface area contributed by atoms with Gasteiger partial charge in [0.1, 0.15) is 11.2 Å². The Morgan fingerprint density at radius 3 is 1.71 bits per heavy atom. The predicted molar refractivity (Wildman–Crippen MR) is 290 cm³/mol. The molecular formula is C63H37N5OS. The standard InChI is InChI=1S/C63H37N5OS/c1-2-14-38(15-3-1)39-16-12-17-43(34-39)67-52-23-8-6-20-46(52)50-35-40(29-32-55(50)67)41-30-33-56-51(36-41)60-49(22-13-26-57(60)69-56)62-64-61(42-28-31-48-47-21-7-11-27-58(47)70-59(48)37-42)65-63(66-62)68-53-24-9-4-18-44(53)45-19-5-10-25-54(45)68/h1-37H. The van der Waals surface area contributed by atoms with Crippen LogP contribution in [-0.4, -0.2) is 24.1 Å². The maximum atomic E-state index is 6.66. The summed E-state index contributed by atoms with van der Waals surface area (Å²) in [6.45, 7) is 0. The van der Waals surface area contributed by atoms with Crippen LogP contribution in [0.5, 0.6) is 0 Å². The summed E-state index contributed by atoms with van der Waals surface area (Å²) in [7, 11) is 0. The number of nitrogens with zero attached hydrogens (tertiary/aromatic N) is 5. The lowest BCUT2D eigenvalue weighted by atomic mass is 9.99. The maximum Gasteiger partial charge on any atom is 0.238 e. The normalized spacial score (nSPS) is 12.0. The van der Waals surface area contributed by atoms with Crippen LogP contribution in [0.3, 0.4) is 0 Å². The summed E-state index contributed by atoms with van der Waals surface area (Å²) >= 11 is 1.79. The van der Waals surface area contributed by atoms with Gasteiger partial charge < -0.3 is 8.98 Å². The summed E-state index contributed by atoms with van der Waals surface area (Å²) in [5.41, 5.74) is 13.5. The van der Waals surface area contributed by atoms with Crippen LogP contribution in [0.15, 0.2) is 229 Å². The van der Waals surface area contributed by atoms with Crippen molar-refractivity contribution in [2.45, 2.75) is 0 Å². The van der Waals surface area contributed by atoms with E-state index < -0.39 is 0 Å². The molecule has 5 aromatic heterocycles. The predicted octanol–water partition coefficient (Wildman–Crippen LogP) is 17.0. The van der Waals surface area contributed by atoms with Crippen LogP contribution in [0.4, 0.5) is 0 Å². The average Bonchev–Trinajstić information content (AvgIpc) is 4.18. The quantitative estimate of drug-likeness (QED) is 0.167. The minimum absolute atomic E-state index is 0.554. The zero-order valence-corrected chi connectivity index (χ0v) is 38.2. The molecule has 0 radical (unpaired) electrons. The second kappa shape index (κ2) is 15.2. The van der Waals surface area contributed by atoms with Gasteiger partial charge in [-0.05, 0) is 95.1 Å². The molecule has 7 heteroatoms. The monoisotopic (exact) mass is 911 g/mol. The molecule has 0 aliphatic heterocycles. The van der Waals surface area contributed by atoms with Crippen LogP contribution < -0.4 is 0 Å². The fourth-order valence-electron chi connectivity index (χ4n) is 10.8. The molecule has 0 unspecified atom stereocenters. The fourth-order valence-corrected chi connectivity index (χ4v) is 11.9. The van der Waals surface area contributed by atoms with Gasteiger partial charge in [-0.15, -0.1) is 11.3 Å². The Labute approximate surface area is 404 Å². The van der Waals surface area contributed by atoms with Gasteiger partial charge >= 0.3 is 0 Å². The molecule has 70 heavy (non-hydrogen) atoms. The number of benzene rings is 10. The van der Waals surface area contributed by atoms with E-state index in [1.54, 1.807) is 11.3 Å². The van der Waals surface area contributed by atoms with E-state index in [1.165, 1.54) is 47.6 Å². The topological polar surface area (TPSA) is 61.7 Å². The van der Waals surface area contributed by atoms with Crippen LogP contribution in [0.1, 0.15) is 0 Å². The molecule has 0 saturated heterocycles. The molecule has 326 valence electrons. The van der Waals surface area contributed by atoms with Gasteiger partial charge in [0.2, 0.25) is 5.95 Å². The highest BCUT2D eigenvalue weighted by atomic mass is 32.1. The number of hydrogen-bond donors (Lipinski definition) is 0. The third-order valence-electron chi connectivity index (χ3n) is 14.0. The number of aromatic nitrogens is 5. The van der Waals surface area contributed by atoms with E-state index in [0.29, 0.717) is 17.6 Å². The minimum Gasteiger partial charge on any atom is -0.456 e. The number of para-hydroxylation sites is 3. The number of rotatable bonds is 6. The van der Waals surface area contributed by atoms with Crippen molar-refractivity contribution < 1.29 is 4.42 Å². The molecule has 5 heterocycles. The fraction of sp³-hybridized carbons (Fsp3) is 0. The van der Waals surface area contributed by atoms with Gasteiger partial charge in [-0.2, -0.15) is 9.97 Å². The van der Waals surface area contributed by atoms with Gasteiger partial charge in [0, 0.05) is 69.3 Å². The van der Waals surface area contributed by atoms with Crippen molar-refractivity contribution in [3.05, 3.63) is 224 Å². The molecule has 0 amide bonds. The van der Waals surface area contributed by atoms with Crippen LogP contribution in [-0.2, 0) is 0 Å².